The van der Waals surface area contributed by atoms with Crippen LogP contribution in [0, 0.1) is 0 Å². The van der Waals surface area contributed by atoms with Crippen molar-refractivity contribution in [1.29, 1.82) is 0 Å². The van der Waals surface area contributed by atoms with E-state index in [4.69, 9.17) is 14.2 Å². The van der Waals surface area contributed by atoms with Gasteiger partial charge >= 0.3 is 0 Å². The van der Waals surface area contributed by atoms with E-state index in [2.05, 4.69) is 0 Å². The van der Waals surface area contributed by atoms with Gasteiger partial charge in [0.2, 0.25) is 5.91 Å². The van der Waals surface area contributed by atoms with Crippen LogP contribution in [0.3, 0.4) is 0 Å². The van der Waals surface area contributed by atoms with Crippen molar-refractivity contribution in [3.63, 3.8) is 0 Å². The summed E-state index contributed by atoms with van der Waals surface area (Å²) < 4.78 is 16.0. The Labute approximate surface area is 164 Å². The Hall–Kier alpha value is -3.28. The van der Waals surface area contributed by atoms with E-state index in [0.29, 0.717) is 41.3 Å². The van der Waals surface area contributed by atoms with Gasteiger partial charge in [-0.05, 0) is 36.8 Å². The first kappa shape index (κ1) is 19.5. The van der Waals surface area contributed by atoms with Crippen LogP contribution < -0.4 is 19.1 Å². The number of benzene rings is 2. The molecule has 2 aromatic carbocycles. The number of ketones is 1. The van der Waals surface area contributed by atoms with Crippen LogP contribution in [0.1, 0.15) is 28.8 Å². The Bertz CT molecular complexity index is 919. The summed E-state index contributed by atoms with van der Waals surface area (Å²) in [7, 11) is 4.65. The third-order valence-corrected chi connectivity index (χ3v) is 4.67. The van der Waals surface area contributed by atoms with Crippen LogP contribution in [0.4, 0.5) is 5.69 Å². The average molecular weight is 381 g/mol. The van der Waals surface area contributed by atoms with Crippen molar-refractivity contribution in [2.75, 3.05) is 32.8 Å². The highest BCUT2D eigenvalue weighted by molar-refractivity contribution is 6.08. The van der Waals surface area contributed by atoms with E-state index in [9.17, 15) is 9.59 Å². The van der Waals surface area contributed by atoms with Gasteiger partial charge in [0.25, 0.3) is 0 Å². The highest BCUT2D eigenvalue weighted by atomic mass is 16.5. The molecular formula is C22H23NO5. The molecule has 0 aliphatic carbocycles. The Morgan fingerprint density at radius 2 is 1.71 bits per heavy atom. The number of anilines is 1. The standard InChI is InChI=1S/C22H23NO5/c1-26-19-14-21(28-3)20(27-2)13-16(19)9-10-18(24)15-6-4-7-17(12-15)23-11-5-8-22(23)25/h4,6-7,9-10,12-14H,5,8,11H2,1-3H3. The molecule has 1 heterocycles. The number of amides is 1. The molecule has 1 fully saturated rings. The van der Waals surface area contributed by atoms with E-state index in [-0.39, 0.29) is 11.7 Å². The molecule has 0 N–H and O–H groups in total. The molecule has 0 bridgehead atoms. The largest absolute Gasteiger partial charge is 0.496 e. The van der Waals surface area contributed by atoms with Gasteiger partial charge in [-0.25, -0.2) is 0 Å². The van der Waals surface area contributed by atoms with Crippen LogP contribution in [-0.4, -0.2) is 39.6 Å². The highest BCUT2D eigenvalue weighted by Gasteiger charge is 2.22. The van der Waals surface area contributed by atoms with Crippen LogP contribution in [-0.2, 0) is 4.79 Å². The van der Waals surface area contributed by atoms with Gasteiger partial charge in [0.05, 0.1) is 21.3 Å². The van der Waals surface area contributed by atoms with Crippen molar-refractivity contribution >= 4 is 23.5 Å². The zero-order valence-corrected chi connectivity index (χ0v) is 16.2. The van der Waals surface area contributed by atoms with Gasteiger partial charge in [0, 0.05) is 35.8 Å². The number of carbonyl (C=O) groups excluding carboxylic acids is 2. The minimum absolute atomic E-state index is 0.0928. The molecular weight excluding hydrogens is 358 g/mol. The molecule has 146 valence electrons. The number of carbonyl (C=O) groups is 2. The number of hydrogen-bond acceptors (Lipinski definition) is 5. The van der Waals surface area contributed by atoms with Gasteiger partial charge in [-0.2, -0.15) is 0 Å². The van der Waals surface area contributed by atoms with Crippen LogP contribution >= 0.6 is 0 Å². The fraction of sp³-hybridized carbons (Fsp3) is 0.273. The van der Waals surface area contributed by atoms with Gasteiger partial charge in [0.15, 0.2) is 17.3 Å². The maximum Gasteiger partial charge on any atom is 0.227 e. The third-order valence-electron chi connectivity index (χ3n) is 4.67. The van der Waals surface area contributed by atoms with Crippen molar-refractivity contribution in [3.05, 3.63) is 53.6 Å². The minimum Gasteiger partial charge on any atom is -0.496 e. The maximum absolute atomic E-state index is 12.7. The van der Waals surface area contributed by atoms with Gasteiger partial charge in [-0.15, -0.1) is 0 Å². The summed E-state index contributed by atoms with van der Waals surface area (Å²) in [5, 5.41) is 0. The molecule has 1 aliphatic rings. The Balaban J connectivity index is 1.85. The molecule has 28 heavy (non-hydrogen) atoms. The summed E-state index contributed by atoms with van der Waals surface area (Å²) in [6, 6.07) is 10.6. The van der Waals surface area contributed by atoms with Crippen LogP contribution in [0.5, 0.6) is 17.2 Å². The first-order valence-electron chi connectivity index (χ1n) is 9.00. The quantitative estimate of drug-likeness (QED) is 0.540. The van der Waals surface area contributed by atoms with E-state index >= 15 is 0 Å². The zero-order chi connectivity index (χ0) is 20.1. The lowest BCUT2D eigenvalue weighted by Crippen LogP contribution is -2.23. The predicted molar refractivity (Wildman–Crippen MR) is 107 cm³/mol. The highest BCUT2D eigenvalue weighted by Crippen LogP contribution is 2.35. The number of allylic oxidation sites excluding steroid dienone is 1. The second kappa shape index (κ2) is 8.61. The average Bonchev–Trinajstić information content (AvgIpc) is 3.17. The SMILES string of the molecule is COc1cc(OC)c(OC)cc1C=CC(=O)c1cccc(N2CCCC2=O)c1. The summed E-state index contributed by atoms with van der Waals surface area (Å²) in [5.41, 5.74) is 1.97. The van der Waals surface area contributed by atoms with Gasteiger partial charge in [-0.3, -0.25) is 9.59 Å². The van der Waals surface area contributed by atoms with E-state index in [1.165, 1.54) is 6.08 Å². The zero-order valence-electron chi connectivity index (χ0n) is 16.2. The number of nitrogens with zero attached hydrogens (tertiary/aromatic N) is 1. The Morgan fingerprint density at radius 3 is 2.36 bits per heavy atom. The smallest absolute Gasteiger partial charge is 0.227 e. The Morgan fingerprint density at radius 1 is 1.00 bits per heavy atom. The molecule has 2 aromatic rings. The fourth-order valence-corrected chi connectivity index (χ4v) is 3.19. The monoisotopic (exact) mass is 381 g/mol. The lowest BCUT2D eigenvalue weighted by molar-refractivity contribution is -0.117. The molecule has 1 saturated heterocycles. The number of rotatable bonds is 7. The second-order valence-corrected chi connectivity index (χ2v) is 6.35. The molecule has 3 rings (SSSR count). The van der Waals surface area contributed by atoms with Gasteiger partial charge < -0.3 is 19.1 Å². The van der Waals surface area contributed by atoms with Gasteiger partial charge in [0.1, 0.15) is 5.75 Å². The molecule has 1 aliphatic heterocycles. The number of hydrogen-bond donors (Lipinski definition) is 0. The first-order chi connectivity index (χ1) is 13.6. The summed E-state index contributed by atoms with van der Waals surface area (Å²) in [5.74, 6) is 1.59. The summed E-state index contributed by atoms with van der Waals surface area (Å²) >= 11 is 0. The molecule has 6 heteroatoms. The van der Waals surface area contributed by atoms with Crippen molar-refractivity contribution in [3.8, 4) is 17.2 Å². The molecule has 0 aromatic heterocycles. The van der Waals surface area contributed by atoms with E-state index in [1.807, 2.05) is 6.07 Å². The maximum atomic E-state index is 12.7. The predicted octanol–water partition coefficient (Wildman–Crippen LogP) is 3.74. The van der Waals surface area contributed by atoms with E-state index < -0.39 is 0 Å². The molecule has 0 saturated carbocycles. The molecule has 0 unspecified atom stereocenters. The molecule has 1 amide bonds. The van der Waals surface area contributed by atoms with E-state index in [1.54, 1.807) is 62.6 Å². The topological polar surface area (TPSA) is 65.1 Å². The van der Waals surface area contributed by atoms with Crippen molar-refractivity contribution in [2.45, 2.75) is 12.8 Å². The fourth-order valence-electron chi connectivity index (χ4n) is 3.19. The summed E-state index contributed by atoms with van der Waals surface area (Å²) in [4.78, 5) is 26.3. The van der Waals surface area contributed by atoms with Crippen LogP contribution in [0.2, 0.25) is 0 Å². The molecule has 0 radical (unpaired) electrons. The van der Waals surface area contributed by atoms with Crippen LogP contribution in [0.15, 0.2) is 42.5 Å². The van der Waals surface area contributed by atoms with Crippen molar-refractivity contribution < 1.29 is 23.8 Å². The number of ether oxygens (including phenoxy) is 3. The van der Waals surface area contributed by atoms with Crippen LogP contribution in [0.25, 0.3) is 6.08 Å². The van der Waals surface area contributed by atoms with E-state index in [0.717, 1.165) is 12.1 Å². The minimum atomic E-state index is -0.162. The third kappa shape index (κ3) is 4.01. The number of methoxy groups -OCH3 is 3. The molecule has 6 nitrogen and oxygen atoms in total. The lowest BCUT2D eigenvalue weighted by atomic mass is 10.1. The molecule has 0 spiro atoms. The lowest BCUT2D eigenvalue weighted by Gasteiger charge is -2.16. The second-order valence-electron chi connectivity index (χ2n) is 6.35. The summed E-state index contributed by atoms with van der Waals surface area (Å²) in [6.07, 6.45) is 4.55. The van der Waals surface area contributed by atoms with Crippen molar-refractivity contribution in [2.24, 2.45) is 0 Å². The summed E-state index contributed by atoms with van der Waals surface area (Å²) in [6.45, 7) is 0.690. The first-order valence-corrected chi connectivity index (χ1v) is 9.00. The Kier molecular flexibility index (Phi) is 5.99. The van der Waals surface area contributed by atoms with Gasteiger partial charge in [-0.1, -0.05) is 12.1 Å². The molecule has 0 atom stereocenters. The normalized spacial score (nSPS) is 13.8. The van der Waals surface area contributed by atoms with Crippen molar-refractivity contribution in [1.82, 2.24) is 0 Å².